The van der Waals surface area contributed by atoms with E-state index in [1.807, 2.05) is 30.3 Å². The van der Waals surface area contributed by atoms with Crippen LogP contribution in [0.2, 0.25) is 0 Å². The molecule has 0 aliphatic carbocycles. The van der Waals surface area contributed by atoms with E-state index in [0.29, 0.717) is 31.3 Å². The molecule has 1 aliphatic rings. The number of benzene rings is 1. The second-order valence-electron chi connectivity index (χ2n) is 5.59. The van der Waals surface area contributed by atoms with Gasteiger partial charge in [0.05, 0.1) is 12.8 Å². The predicted molar refractivity (Wildman–Crippen MR) is 81.6 cm³/mol. The van der Waals surface area contributed by atoms with Crippen molar-refractivity contribution in [2.75, 3.05) is 19.8 Å². The maximum atomic E-state index is 12.0. The third-order valence-electron chi connectivity index (χ3n) is 3.77. The standard InChI is InChI=1S/C17H20N2O3/c20-16(18-10-14-7-4-8-21-12-14)17-19-11-15(22-17)9-13-5-2-1-3-6-13/h1-3,5-6,11,14H,4,7-10,12H2,(H,18,20)/t14-/m1/s1. The maximum absolute atomic E-state index is 12.0. The van der Waals surface area contributed by atoms with Gasteiger partial charge in [-0.2, -0.15) is 0 Å². The number of nitrogens with zero attached hydrogens (tertiary/aromatic N) is 1. The summed E-state index contributed by atoms with van der Waals surface area (Å²) in [7, 11) is 0. The van der Waals surface area contributed by atoms with E-state index in [-0.39, 0.29) is 11.8 Å². The number of rotatable bonds is 5. The topological polar surface area (TPSA) is 64.4 Å². The number of carbonyl (C=O) groups excluding carboxylic acids is 1. The molecule has 2 heterocycles. The van der Waals surface area contributed by atoms with Crippen LogP contribution in [0.25, 0.3) is 0 Å². The van der Waals surface area contributed by atoms with Crippen LogP contribution in [0.1, 0.15) is 34.9 Å². The van der Waals surface area contributed by atoms with Gasteiger partial charge in [0, 0.05) is 19.6 Å². The highest BCUT2D eigenvalue weighted by molar-refractivity contribution is 5.89. The van der Waals surface area contributed by atoms with E-state index in [1.165, 1.54) is 0 Å². The molecule has 1 aromatic heterocycles. The van der Waals surface area contributed by atoms with Crippen LogP contribution in [0, 0.1) is 5.92 Å². The van der Waals surface area contributed by atoms with Crippen LogP contribution in [-0.4, -0.2) is 30.6 Å². The minimum Gasteiger partial charge on any atom is -0.437 e. The second kappa shape index (κ2) is 7.22. The van der Waals surface area contributed by atoms with Crippen molar-refractivity contribution in [1.82, 2.24) is 10.3 Å². The minimum absolute atomic E-state index is 0.127. The Hall–Kier alpha value is -2.14. The predicted octanol–water partition coefficient (Wildman–Crippen LogP) is 2.42. The third kappa shape index (κ3) is 3.95. The van der Waals surface area contributed by atoms with Crippen LogP contribution < -0.4 is 5.32 Å². The van der Waals surface area contributed by atoms with Gasteiger partial charge in [-0.05, 0) is 24.3 Å². The average molecular weight is 300 g/mol. The SMILES string of the molecule is O=C(NC[C@H]1CCCOC1)c1ncc(Cc2ccccc2)o1. The van der Waals surface area contributed by atoms with Crippen LogP contribution >= 0.6 is 0 Å². The van der Waals surface area contributed by atoms with Gasteiger partial charge in [-0.1, -0.05) is 30.3 Å². The molecule has 1 atom stereocenters. The zero-order chi connectivity index (χ0) is 15.2. The molecule has 2 aromatic rings. The number of oxazole rings is 1. The van der Waals surface area contributed by atoms with E-state index in [9.17, 15) is 4.79 Å². The molecule has 1 fully saturated rings. The smallest absolute Gasteiger partial charge is 0.307 e. The minimum atomic E-state index is -0.259. The maximum Gasteiger partial charge on any atom is 0.307 e. The fourth-order valence-electron chi connectivity index (χ4n) is 2.57. The summed E-state index contributed by atoms with van der Waals surface area (Å²) >= 11 is 0. The lowest BCUT2D eigenvalue weighted by Crippen LogP contribution is -2.33. The Morgan fingerprint density at radius 2 is 2.18 bits per heavy atom. The number of hydrogen-bond acceptors (Lipinski definition) is 4. The molecule has 0 unspecified atom stereocenters. The van der Waals surface area contributed by atoms with Crippen molar-refractivity contribution >= 4 is 5.91 Å². The van der Waals surface area contributed by atoms with Crippen molar-refractivity contribution in [3.8, 4) is 0 Å². The van der Waals surface area contributed by atoms with E-state index in [4.69, 9.17) is 9.15 Å². The van der Waals surface area contributed by atoms with Gasteiger partial charge in [0.25, 0.3) is 5.89 Å². The molecule has 1 amide bonds. The zero-order valence-corrected chi connectivity index (χ0v) is 12.5. The first-order valence-electron chi connectivity index (χ1n) is 7.66. The van der Waals surface area contributed by atoms with E-state index in [0.717, 1.165) is 25.0 Å². The number of hydrogen-bond donors (Lipinski definition) is 1. The lowest BCUT2D eigenvalue weighted by molar-refractivity contribution is 0.0532. The first kappa shape index (κ1) is 14.8. The number of nitrogens with one attached hydrogen (secondary N) is 1. The highest BCUT2D eigenvalue weighted by Crippen LogP contribution is 2.13. The van der Waals surface area contributed by atoms with E-state index in [2.05, 4.69) is 10.3 Å². The quantitative estimate of drug-likeness (QED) is 0.921. The highest BCUT2D eigenvalue weighted by Gasteiger charge is 2.18. The third-order valence-corrected chi connectivity index (χ3v) is 3.77. The van der Waals surface area contributed by atoms with Gasteiger partial charge in [-0.15, -0.1) is 0 Å². The molecule has 1 N–H and O–H groups in total. The second-order valence-corrected chi connectivity index (χ2v) is 5.59. The van der Waals surface area contributed by atoms with Gasteiger partial charge in [-0.25, -0.2) is 4.98 Å². The van der Waals surface area contributed by atoms with E-state index in [1.54, 1.807) is 6.20 Å². The molecule has 1 aliphatic heterocycles. The number of ether oxygens (including phenoxy) is 1. The van der Waals surface area contributed by atoms with Crippen molar-refractivity contribution in [3.05, 3.63) is 53.7 Å². The summed E-state index contributed by atoms with van der Waals surface area (Å²) in [4.78, 5) is 16.1. The molecule has 22 heavy (non-hydrogen) atoms. The summed E-state index contributed by atoms with van der Waals surface area (Å²) in [5, 5.41) is 2.87. The van der Waals surface area contributed by atoms with Crippen molar-refractivity contribution in [3.63, 3.8) is 0 Å². The normalized spacial score (nSPS) is 18.1. The lowest BCUT2D eigenvalue weighted by atomic mass is 10.0. The van der Waals surface area contributed by atoms with Crippen LogP contribution in [0.15, 0.2) is 40.9 Å². The monoisotopic (exact) mass is 300 g/mol. The van der Waals surface area contributed by atoms with Crippen LogP contribution in [0.3, 0.4) is 0 Å². The molecule has 3 rings (SSSR count). The van der Waals surface area contributed by atoms with Gasteiger partial charge in [0.1, 0.15) is 5.76 Å². The summed E-state index contributed by atoms with van der Waals surface area (Å²) in [5.74, 6) is 0.946. The van der Waals surface area contributed by atoms with Crippen molar-refractivity contribution in [2.24, 2.45) is 5.92 Å². The molecule has 5 heteroatoms. The molecule has 1 saturated heterocycles. The molecule has 0 spiro atoms. The molecule has 116 valence electrons. The molecular formula is C17H20N2O3. The number of amides is 1. The molecule has 0 saturated carbocycles. The Labute approximate surface area is 129 Å². The van der Waals surface area contributed by atoms with E-state index >= 15 is 0 Å². The summed E-state index contributed by atoms with van der Waals surface area (Å²) in [5.41, 5.74) is 1.13. The summed E-state index contributed by atoms with van der Waals surface area (Å²) in [6, 6.07) is 9.96. The van der Waals surface area contributed by atoms with Gasteiger partial charge in [0.2, 0.25) is 0 Å². The van der Waals surface area contributed by atoms with Crippen molar-refractivity contribution < 1.29 is 13.9 Å². The molecule has 0 radical (unpaired) electrons. The average Bonchev–Trinajstić information content (AvgIpc) is 3.03. The lowest BCUT2D eigenvalue weighted by Gasteiger charge is -2.21. The Bertz CT molecular complexity index is 603. The summed E-state index contributed by atoms with van der Waals surface area (Å²) in [6.07, 6.45) is 4.40. The Morgan fingerprint density at radius 3 is 2.95 bits per heavy atom. The highest BCUT2D eigenvalue weighted by atomic mass is 16.5. The molecule has 1 aromatic carbocycles. The van der Waals surface area contributed by atoms with Crippen molar-refractivity contribution in [1.29, 1.82) is 0 Å². The fourth-order valence-corrected chi connectivity index (χ4v) is 2.57. The first-order valence-corrected chi connectivity index (χ1v) is 7.66. The molecule has 5 nitrogen and oxygen atoms in total. The van der Waals surface area contributed by atoms with Crippen LogP contribution in [0.5, 0.6) is 0 Å². The van der Waals surface area contributed by atoms with Gasteiger partial charge in [-0.3, -0.25) is 4.79 Å². The summed E-state index contributed by atoms with van der Waals surface area (Å²) < 4.78 is 10.9. The van der Waals surface area contributed by atoms with Gasteiger partial charge < -0.3 is 14.5 Å². The number of aromatic nitrogens is 1. The zero-order valence-electron chi connectivity index (χ0n) is 12.5. The molecule has 0 bridgehead atoms. The van der Waals surface area contributed by atoms with E-state index < -0.39 is 0 Å². The largest absolute Gasteiger partial charge is 0.437 e. The van der Waals surface area contributed by atoms with Crippen LogP contribution in [0.4, 0.5) is 0 Å². The molecular weight excluding hydrogens is 280 g/mol. The Kier molecular flexibility index (Phi) is 4.85. The first-order chi connectivity index (χ1) is 10.8. The van der Waals surface area contributed by atoms with Crippen LogP contribution in [-0.2, 0) is 11.2 Å². The number of carbonyl (C=O) groups is 1. The van der Waals surface area contributed by atoms with Gasteiger partial charge >= 0.3 is 5.91 Å². The summed E-state index contributed by atoms with van der Waals surface area (Å²) in [6.45, 7) is 2.15. The van der Waals surface area contributed by atoms with Gasteiger partial charge in [0.15, 0.2) is 0 Å². The fraction of sp³-hybridized carbons (Fsp3) is 0.412. The Balaban J connectivity index is 1.52. The van der Waals surface area contributed by atoms with Crippen molar-refractivity contribution in [2.45, 2.75) is 19.3 Å². The Morgan fingerprint density at radius 1 is 1.32 bits per heavy atom.